The monoisotopic (exact) mass is 368 g/mol. The van der Waals surface area contributed by atoms with Gasteiger partial charge < -0.3 is 15.7 Å². The number of hydrogen-bond acceptors (Lipinski definition) is 3. The first-order valence-corrected chi connectivity index (χ1v) is 9.29. The number of carbonyl (C=O) groups excluding carboxylic acids is 1. The Kier molecular flexibility index (Phi) is 9.37. The molecule has 1 amide bonds. The van der Waals surface area contributed by atoms with Crippen molar-refractivity contribution in [2.75, 3.05) is 10.6 Å². The van der Waals surface area contributed by atoms with Crippen molar-refractivity contribution >= 4 is 28.8 Å². The van der Waals surface area contributed by atoms with Crippen LogP contribution in [-0.4, -0.2) is 23.0 Å². The molecule has 5 heteroatoms. The van der Waals surface area contributed by atoms with Crippen LogP contribution in [0.1, 0.15) is 39.7 Å². The van der Waals surface area contributed by atoms with Gasteiger partial charge in [0.15, 0.2) is 0 Å². The topological polar surface area (TPSA) is 78.4 Å². The summed E-state index contributed by atoms with van der Waals surface area (Å²) in [6.45, 7) is 8.00. The number of hydrogen-bond donors (Lipinski definition) is 3. The van der Waals surface area contributed by atoms with Gasteiger partial charge in [0.25, 0.3) is 0 Å². The highest BCUT2D eigenvalue weighted by Gasteiger charge is 2.26. The smallest absolute Gasteiger partial charge is 0.326 e. The fourth-order valence-electron chi connectivity index (χ4n) is 2.60. The van der Waals surface area contributed by atoms with Gasteiger partial charge in [-0.05, 0) is 23.8 Å². The average Bonchev–Trinajstić information content (AvgIpc) is 2.71. The number of nitrogens with one attached hydrogen (secondary N) is 2. The second-order valence-electron chi connectivity index (χ2n) is 5.31. The van der Waals surface area contributed by atoms with Gasteiger partial charge in [0.1, 0.15) is 6.04 Å². The van der Waals surface area contributed by atoms with E-state index >= 15 is 0 Å². The van der Waals surface area contributed by atoms with E-state index in [0.717, 1.165) is 11.3 Å². The summed E-state index contributed by atoms with van der Waals surface area (Å²) in [6.07, 6.45) is 1.73. The zero-order valence-corrected chi connectivity index (χ0v) is 16.3. The molecule has 0 aliphatic carbocycles. The number of amides is 1. The number of carboxylic acid groups (broad SMARTS) is 1. The van der Waals surface area contributed by atoms with Gasteiger partial charge in [-0.1, -0.05) is 64.1 Å². The second kappa shape index (κ2) is 11.5. The minimum absolute atomic E-state index is 0.258. The van der Waals surface area contributed by atoms with E-state index in [4.69, 9.17) is 0 Å². The van der Waals surface area contributed by atoms with Crippen molar-refractivity contribution in [2.45, 2.75) is 40.2 Å². The van der Waals surface area contributed by atoms with E-state index in [-0.39, 0.29) is 12.3 Å². The normalized spacial score (nSPS) is 15.7. The Morgan fingerprint density at radius 3 is 2.22 bits per heavy atom. The van der Waals surface area contributed by atoms with Crippen molar-refractivity contribution in [3.8, 4) is 0 Å². The summed E-state index contributed by atoms with van der Waals surface area (Å²) in [7, 11) is 0. The molecule has 0 fully saturated rings. The van der Waals surface area contributed by atoms with E-state index in [1.165, 1.54) is 6.08 Å². The molecular formula is C22H28N2O3. The van der Waals surface area contributed by atoms with Crippen LogP contribution in [0.4, 0.5) is 11.4 Å². The quantitative estimate of drug-likeness (QED) is 0.664. The van der Waals surface area contributed by atoms with Crippen LogP contribution in [0.3, 0.4) is 0 Å². The van der Waals surface area contributed by atoms with E-state index in [0.29, 0.717) is 11.3 Å². The molecule has 0 saturated heterocycles. The Balaban J connectivity index is 0.000000855. The molecule has 0 saturated carbocycles. The molecule has 27 heavy (non-hydrogen) atoms. The van der Waals surface area contributed by atoms with Crippen molar-refractivity contribution in [3.05, 3.63) is 66.2 Å². The van der Waals surface area contributed by atoms with Crippen LogP contribution < -0.4 is 10.6 Å². The first-order chi connectivity index (χ1) is 13.1. The number of carboxylic acids is 1. The molecule has 1 aliphatic rings. The molecule has 1 aliphatic heterocycles. The predicted molar refractivity (Wildman–Crippen MR) is 112 cm³/mol. The van der Waals surface area contributed by atoms with Crippen molar-refractivity contribution in [3.63, 3.8) is 0 Å². The van der Waals surface area contributed by atoms with Gasteiger partial charge in [0.2, 0.25) is 5.91 Å². The molecule has 3 N–H and O–H groups in total. The Hall–Kier alpha value is -3.08. The van der Waals surface area contributed by atoms with Gasteiger partial charge in [-0.25, -0.2) is 4.79 Å². The molecule has 2 aromatic rings. The Morgan fingerprint density at radius 1 is 1.00 bits per heavy atom. The summed E-state index contributed by atoms with van der Waals surface area (Å²) < 4.78 is 0. The molecule has 0 spiro atoms. The highest BCUT2D eigenvalue weighted by Crippen LogP contribution is 2.33. The van der Waals surface area contributed by atoms with Crippen molar-refractivity contribution in [1.82, 2.24) is 0 Å². The van der Waals surface area contributed by atoms with Gasteiger partial charge in [-0.3, -0.25) is 4.79 Å². The van der Waals surface area contributed by atoms with Crippen LogP contribution in [0.15, 0.2) is 60.7 Å². The van der Waals surface area contributed by atoms with E-state index in [1.807, 2.05) is 70.2 Å². The predicted octanol–water partition coefficient (Wildman–Crippen LogP) is 5.03. The lowest BCUT2D eigenvalue weighted by Crippen LogP contribution is -2.33. The van der Waals surface area contributed by atoms with E-state index < -0.39 is 12.0 Å². The van der Waals surface area contributed by atoms with Gasteiger partial charge in [0, 0.05) is 29.4 Å². The number of fused-ring (bicyclic) bond motifs is 1. The average molecular weight is 368 g/mol. The summed E-state index contributed by atoms with van der Waals surface area (Å²) in [5.74, 6) is -1.21. The number of aliphatic carboxylic acids is 1. The van der Waals surface area contributed by atoms with E-state index in [2.05, 4.69) is 10.6 Å². The summed E-state index contributed by atoms with van der Waals surface area (Å²) in [4.78, 5) is 23.5. The summed E-state index contributed by atoms with van der Waals surface area (Å²) in [6, 6.07) is 15.8. The highest BCUT2D eigenvalue weighted by molar-refractivity contribution is 6.05. The maximum absolute atomic E-state index is 12.2. The second-order valence-corrected chi connectivity index (χ2v) is 5.31. The zero-order chi connectivity index (χ0) is 20.2. The Morgan fingerprint density at radius 2 is 1.59 bits per heavy atom. The van der Waals surface area contributed by atoms with Crippen LogP contribution in [0.25, 0.3) is 5.57 Å². The molecule has 1 heterocycles. The third kappa shape index (κ3) is 6.29. The first kappa shape index (κ1) is 22.0. The zero-order valence-electron chi connectivity index (χ0n) is 16.3. The molecule has 0 radical (unpaired) electrons. The maximum Gasteiger partial charge on any atom is 0.326 e. The first-order valence-electron chi connectivity index (χ1n) is 9.29. The van der Waals surface area contributed by atoms with Crippen molar-refractivity contribution in [2.24, 2.45) is 0 Å². The van der Waals surface area contributed by atoms with E-state index in [9.17, 15) is 14.7 Å². The minimum Gasteiger partial charge on any atom is -0.480 e. The summed E-state index contributed by atoms with van der Waals surface area (Å²) in [5, 5.41) is 15.0. The van der Waals surface area contributed by atoms with Crippen LogP contribution in [0.5, 0.6) is 0 Å². The molecule has 144 valence electrons. The minimum atomic E-state index is -0.936. The maximum atomic E-state index is 12.2. The number of rotatable bonds is 3. The standard InChI is InChI=1S/C18H16N2O3.2C2H6/c21-17(19-13-6-2-1-3-7-13)11-12-10-16(18(22)23)20-15-9-5-4-8-14(12)15;2*1-2/h1-9,11,16,20H,10H2,(H,19,21)(H,22,23);2*1-2H3/b12-11+;;. The fraction of sp³-hybridized carbons (Fsp3) is 0.273. The van der Waals surface area contributed by atoms with Crippen molar-refractivity contribution < 1.29 is 14.7 Å². The van der Waals surface area contributed by atoms with Gasteiger partial charge >= 0.3 is 5.97 Å². The summed E-state index contributed by atoms with van der Waals surface area (Å²) >= 11 is 0. The molecule has 1 unspecified atom stereocenters. The van der Waals surface area contributed by atoms with Crippen molar-refractivity contribution in [1.29, 1.82) is 0 Å². The number of anilines is 2. The number of para-hydroxylation sites is 2. The number of benzene rings is 2. The van der Waals surface area contributed by atoms with E-state index in [1.54, 1.807) is 12.1 Å². The van der Waals surface area contributed by atoms with Gasteiger partial charge in [-0.2, -0.15) is 0 Å². The lowest BCUT2D eigenvalue weighted by molar-refractivity contribution is -0.137. The lowest BCUT2D eigenvalue weighted by Gasteiger charge is -2.26. The van der Waals surface area contributed by atoms with Crippen LogP contribution in [0.2, 0.25) is 0 Å². The number of carbonyl (C=O) groups is 2. The fourth-order valence-corrected chi connectivity index (χ4v) is 2.60. The highest BCUT2D eigenvalue weighted by atomic mass is 16.4. The Bertz CT molecular complexity index is 770. The Labute approximate surface area is 161 Å². The molecule has 3 rings (SSSR count). The van der Waals surface area contributed by atoms with Gasteiger partial charge in [-0.15, -0.1) is 0 Å². The van der Waals surface area contributed by atoms with Gasteiger partial charge in [0.05, 0.1) is 0 Å². The van der Waals surface area contributed by atoms with Crippen LogP contribution >= 0.6 is 0 Å². The largest absolute Gasteiger partial charge is 0.480 e. The molecule has 0 aromatic heterocycles. The molecular weight excluding hydrogens is 340 g/mol. The SMILES string of the molecule is CC.CC.O=C(/C=C1\CC(C(=O)O)Nc2ccccc21)Nc1ccccc1. The third-order valence-corrected chi connectivity index (χ3v) is 3.67. The molecule has 5 nitrogen and oxygen atoms in total. The lowest BCUT2D eigenvalue weighted by atomic mass is 9.92. The van der Waals surface area contributed by atoms with Crippen LogP contribution in [0, 0.1) is 0 Å². The molecule has 2 aromatic carbocycles. The molecule has 1 atom stereocenters. The third-order valence-electron chi connectivity index (χ3n) is 3.67. The molecule has 0 bridgehead atoms. The summed E-state index contributed by atoms with van der Waals surface area (Å²) in [5.41, 5.74) is 2.99. The van der Waals surface area contributed by atoms with Crippen LogP contribution in [-0.2, 0) is 9.59 Å².